The quantitative estimate of drug-likeness (QED) is 0.219. The minimum Gasteiger partial charge on any atom is -0.378 e. The van der Waals surface area contributed by atoms with Gasteiger partial charge in [-0.25, -0.2) is 0 Å². The minimum atomic E-state index is -0.145. The number of rotatable bonds is 17. The number of amides is 1. The van der Waals surface area contributed by atoms with Crippen molar-refractivity contribution in [2.45, 2.75) is 13.5 Å². The maximum absolute atomic E-state index is 11.3. The molecule has 1 aromatic carbocycles. The van der Waals surface area contributed by atoms with Gasteiger partial charge in [-0.15, -0.1) is 23.2 Å². The topological polar surface area (TPSA) is 62.8 Å². The summed E-state index contributed by atoms with van der Waals surface area (Å²) in [6.45, 7) is 11.0. The Labute approximate surface area is 184 Å². The van der Waals surface area contributed by atoms with E-state index in [2.05, 4.69) is 46.4 Å². The molecule has 0 aliphatic heterocycles. The van der Waals surface area contributed by atoms with E-state index in [0.29, 0.717) is 50.3 Å². The molecule has 0 radical (unpaired) electrons. The molecule has 2 N–H and O–H groups in total. The summed E-state index contributed by atoms with van der Waals surface area (Å²) in [5.74, 6) is 1.02. The van der Waals surface area contributed by atoms with Gasteiger partial charge in [0.1, 0.15) is 0 Å². The molecule has 1 aromatic rings. The van der Waals surface area contributed by atoms with Crippen molar-refractivity contribution in [3.8, 4) is 0 Å². The zero-order chi connectivity index (χ0) is 21.3. The van der Waals surface area contributed by atoms with E-state index >= 15 is 0 Å². The largest absolute Gasteiger partial charge is 0.378 e. The summed E-state index contributed by atoms with van der Waals surface area (Å²) in [7, 11) is 0. The minimum absolute atomic E-state index is 0.145. The lowest BCUT2D eigenvalue weighted by molar-refractivity contribution is -0.117. The summed E-state index contributed by atoms with van der Waals surface area (Å²) < 4.78 is 10.9. The first-order chi connectivity index (χ1) is 14.1. The molecule has 1 amide bonds. The number of nitrogens with zero attached hydrogens (tertiary/aromatic N) is 1. The van der Waals surface area contributed by atoms with E-state index < -0.39 is 0 Å². The summed E-state index contributed by atoms with van der Waals surface area (Å²) in [6.07, 6.45) is 0. The molecular weight excluding hydrogens is 413 g/mol. The van der Waals surface area contributed by atoms with Crippen LogP contribution < -0.4 is 15.5 Å². The highest BCUT2D eigenvalue weighted by Crippen LogP contribution is 2.15. The first-order valence-electron chi connectivity index (χ1n) is 9.84. The van der Waals surface area contributed by atoms with Gasteiger partial charge in [0, 0.05) is 55.7 Å². The highest BCUT2D eigenvalue weighted by atomic mass is 35.5. The second kappa shape index (κ2) is 16.5. The molecule has 0 atom stereocenters. The second-order valence-electron chi connectivity index (χ2n) is 6.47. The van der Waals surface area contributed by atoms with Crippen LogP contribution in [-0.4, -0.2) is 70.3 Å². The van der Waals surface area contributed by atoms with Gasteiger partial charge in [0.25, 0.3) is 0 Å². The summed E-state index contributed by atoms with van der Waals surface area (Å²) in [6, 6.07) is 8.42. The first kappa shape index (κ1) is 25.7. The number of hydrogen-bond acceptors (Lipinski definition) is 5. The number of nitrogens with one attached hydrogen (secondary N) is 2. The van der Waals surface area contributed by atoms with Crippen LogP contribution in [0.4, 0.5) is 5.69 Å². The number of carbonyl (C=O) groups excluding carboxylic acids is 1. The number of carbonyl (C=O) groups is 1. The van der Waals surface area contributed by atoms with Crippen LogP contribution in [0.25, 0.3) is 0 Å². The molecule has 1 rings (SSSR count). The highest BCUT2D eigenvalue weighted by molar-refractivity contribution is 6.18. The summed E-state index contributed by atoms with van der Waals surface area (Å²) >= 11 is 11.7. The molecule has 164 valence electrons. The molecule has 0 unspecified atom stereocenters. The van der Waals surface area contributed by atoms with Crippen LogP contribution in [-0.2, 0) is 20.8 Å². The van der Waals surface area contributed by atoms with Crippen LogP contribution in [0.3, 0.4) is 0 Å². The normalized spacial score (nSPS) is 10.7. The first-order valence-corrected chi connectivity index (χ1v) is 10.9. The fourth-order valence-electron chi connectivity index (χ4n) is 2.49. The Morgan fingerprint density at radius 2 is 1.59 bits per heavy atom. The third kappa shape index (κ3) is 12.1. The van der Waals surface area contributed by atoms with Gasteiger partial charge in [-0.1, -0.05) is 18.7 Å². The van der Waals surface area contributed by atoms with Crippen LogP contribution in [0.1, 0.15) is 12.5 Å². The fraction of sp³-hybridized carbons (Fsp3) is 0.571. The number of halogens is 2. The summed E-state index contributed by atoms with van der Waals surface area (Å²) in [4.78, 5) is 13.5. The number of hydrogen-bond donors (Lipinski definition) is 2. The van der Waals surface area contributed by atoms with Gasteiger partial charge in [-0.3, -0.25) is 4.79 Å². The van der Waals surface area contributed by atoms with E-state index in [-0.39, 0.29) is 5.91 Å². The van der Waals surface area contributed by atoms with E-state index in [4.69, 9.17) is 32.7 Å². The average Bonchev–Trinajstić information content (AvgIpc) is 2.72. The molecule has 0 aliphatic carbocycles. The molecule has 0 bridgehead atoms. The zero-order valence-electron chi connectivity index (χ0n) is 17.2. The van der Waals surface area contributed by atoms with Gasteiger partial charge in [0.15, 0.2) is 0 Å². The van der Waals surface area contributed by atoms with Crippen LogP contribution >= 0.6 is 23.2 Å². The maximum Gasteiger partial charge on any atom is 0.246 e. The molecular formula is C21H33Cl2N3O3. The van der Waals surface area contributed by atoms with Crippen molar-refractivity contribution in [2.75, 3.05) is 69.3 Å². The lowest BCUT2D eigenvalue weighted by Gasteiger charge is -2.23. The maximum atomic E-state index is 11.3. The Balaban J connectivity index is 2.05. The van der Waals surface area contributed by atoms with Gasteiger partial charge in [-0.05, 0) is 24.6 Å². The van der Waals surface area contributed by atoms with E-state index in [0.717, 1.165) is 31.9 Å². The van der Waals surface area contributed by atoms with Crippen molar-refractivity contribution in [2.24, 2.45) is 0 Å². The highest BCUT2D eigenvalue weighted by Gasteiger charge is 2.05. The average molecular weight is 446 g/mol. The number of ether oxygens (including phenoxy) is 2. The Bertz CT molecular complexity index is 579. The van der Waals surface area contributed by atoms with Crippen molar-refractivity contribution >= 4 is 34.8 Å². The molecule has 0 spiro atoms. The zero-order valence-corrected chi connectivity index (χ0v) is 18.7. The number of anilines is 1. The molecule has 0 fully saturated rings. The second-order valence-corrected chi connectivity index (χ2v) is 7.23. The molecule has 29 heavy (non-hydrogen) atoms. The predicted octanol–water partition coefficient (Wildman–Crippen LogP) is 2.79. The van der Waals surface area contributed by atoms with Crippen LogP contribution in [0.5, 0.6) is 0 Å². The Kier molecular flexibility index (Phi) is 14.6. The van der Waals surface area contributed by atoms with Gasteiger partial charge in [0.2, 0.25) is 5.91 Å². The monoisotopic (exact) mass is 445 g/mol. The molecule has 6 nitrogen and oxygen atoms in total. The summed E-state index contributed by atoms with van der Waals surface area (Å²) in [5.41, 5.74) is 2.85. The summed E-state index contributed by atoms with van der Waals surface area (Å²) in [5, 5.41) is 6.07. The van der Waals surface area contributed by atoms with Crippen molar-refractivity contribution < 1.29 is 14.3 Å². The van der Waals surface area contributed by atoms with E-state index in [1.165, 1.54) is 5.56 Å². The van der Waals surface area contributed by atoms with Crippen molar-refractivity contribution in [1.82, 2.24) is 10.6 Å². The predicted molar refractivity (Wildman–Crippen MR) is 121 cm³/mol. The van der Waals surface area contributed by atoms with Gasteiger partial charge < -0.3 is 25.0 Å². The third-order valence-corrected chi connectivity index (χ3v) is 4.39. The Morgan fingerprint density at radius 3 is 2.14 bits per heavy atom. The van der Waals surface area contributed by atoms with Gasteiger partial charge >= 0.3 is 0 Å². The fourth-order valence-corrected chi connectivity index (χ4v) is 2.89. The molecule has 0 aliphatic rings. The third-order valence-electron chi connectivity index (χ3n) is 4.05. The molecule has 0 saturated heterocycles. The van der Waals surface area contributed by atoms with E-state index in [1.807, 2.05) is 0 Å². The molecule has 0 aromatic heterocycles. The van der Waals surface area contributed by atoms with Crippen LogP contribution in [0, 0.1) is 0 Å². The Hall–Kier alpha value is -1.31. The van der Waals surface area contributed by atoms with Crippen molar-refractivity contribution in [3.05, 3.63) is 42.0 Å². The lowest BCUT2D eigenvalue weighted by Crippen LogP contribution is -2.28. The van der Waals surface area contributed by atoms with Gasteiger partial charge in [-0.2, -0.15) is 0 Å². The van der Waals surface area contributed by atoms with Crippen LogP contribution in [0.2, 0.25) is 0 Å². The standard InChI is InChI=1S/C21H33Cl2N3O3/c1-18(2)21(27)25-10-14-29-16-15-28-13-9-24-17-19-3-5-20(6-4-19)26(11-7-22)12-8-23/h3-6,24H,1,7-17H2,2H3,(H,25,27). The smallest absolute Gasteiger partial charge is 0.246 e. The van der Waals surface area contributed by atoms with Gasteiger partial charge in [0.05, 0.1) is 26.4 Å². The number of benzene rings is 1. The SMILES string of the molecule is C=C(C)C(=O)NCCOCCOCCNCc1ccc(N(CCCl)CCCl)cc1. The molecule has 0 saturated carbocycles. The Morgan fingerprint density at radius 1 is 1.00 bits per heavy atom. The van der Waals surface area contributed by atoms with Crippen molar-refractivity contribution in [3.63, 3.8) is 0 Å². The van der Waals surface area contributed by atoms with E-state index in [9.17, 15) is 4.79 Å². The van der Waals surface area contributed by atoms with Crippen LogP contribution in [0.15, 0.2) is 36.4 Å². The van der Waals surface area contributed by atoms with Crippen molar-refractivity contribution in [1.29, 1.82) is 0 Å². The number of alkyl halides is 2. The molecule has 8 heteroatoms. The lowest BCUT2D eigenvalue weighted by atomic mass is 10.2. The van der Waals surface area contributed by atoms with E-state index in [1.54, 1.807) is 6.92 Å². The molecule has 0 heterocycles.